The number of carbonyl (C=O) groups is 2. The molecule has 10 heteroatoms. The number of aromatic amines is 1. The molecule has 0 aromatic carbocycles. The van der Waals surface area contributed by atoms with Crippen molar-refractivity contribution >= 4 is 33.5 Å². The highest BCUT2D eigenvalue weighted by Gasteiger charge is 2.22. The van der Waals surface area contributed by atoms with Crippen LogP contribution in [0.15, 0.2) is 34.0 Å². The standard InChI is InChI=1S/C19H19N3O6S/c1-4-27-19(26)15-10(2)14-17(25)20-16(21-18(14)29-15)11(3)28-13(24)9-22-8-6-5-7-12(22)23/h5-8,11H,4,9H2,1-3H3,(H,20,21,25)/t11-/m0/s1. The molecule has 3 aromatic heterocycles. The molecule has 0 saturated heterocycles. The zero-order chi connectivity index (χ0) is 21.1. The Kier molecular flexibility index (Phi) is 5.92. The summed E-state index contributed by atoms with van der Waals surface area (Å²) in [6.07, 6.45) is 0.624. The van der Waals surface area contributed by atoms with Crippen LogP contribution in [-0.4, -0.2) is 33.1 Å². The Morgan fingerprint density at radius 1 is 1.31 bits per heavy atom. The van der Waals surface area contributed by atoms with Crippen LogP contribution in [0.4, 0.5) is 0 Å². The van der Waals surface area contributed by atoms with Gasteiger partial charge in [0, 0.05) is 12.3 Å². The second kappa shape index (κ2) is 8.39. The third-order valence-electron chi connectivity index (χ3n) is 4.17. The molecule has 9 nitrogen and oxygen atoms in total. The topological polar surface area (TPSA) is 120 Å². The van der Waals surface area contributed by atoms with Crippen molar-refractivity contribution in [3.05, 3.63) is 61.4 Å². The first-order valence-electron chi connectivity index (χ1n) is 8.87. The van der Waals surface area contributed by atoms with Crippen molar-refractivity contribution in [2.75, 3.05) is 6.61 Å². The predicted octanol–water partition coefficient (Wildman–Crippen LogP) is 1.94. The molecular weight excluding hydrogens is 398 g/mol. The number of H-pyrrole nitrogens is 1. The number of nitrogens with one attached hydrogen (secondary N) is 1. The van der Waals surface area contributed by atoms with Crippen molar-refractivity contribution in [1.29, 1.82) is 0 Å². The first-order valence-corrected chi connectivity index (χ1v) is 9.68. The fourth-order valence-corrected chi connectivity index (χ4v) is 3.85. The Morgan fingerprint density at radius 3 is 2.76 bits per heavy atom. The zero-order valence-corrected chi connectivity index (χ0v) is 16.9. The van der Waals surface area contributed by atoms with Crippen LogP contribution in [-0.2, 0) is 20.8 Å². The molecule has 0 spiro atoms. The largest absolute Gasteiger partial charge is 0.462 e. The highest BCUT2D eigenvalue weighted by molar-refractivity contribution is 7.20. The number of aromatic nitrogens is 3. The molecule has 1 N–H and O–H groups in total. The van der Waals surface area contributed by atoms with Gasteiger partial charge in [0.15, 0.2) is 11.9 Å². The molecule has 0 radical (unpaired) electrons. The molecule has 0 saturated carbocycles. The smallest absolute Gasteiger partial charge is 0.348 e. The molecule has 0 bridgehead atoms. The predicted molar refractivity (Wildman–Crippen MR) is 106 cm³/mol. The van der Waals surface area contributed by atoms with Gasteiger partial charge in [-0.05, 0) is 32.4 Å². The van der Waals surface area contributed by atoms with Gasteiger partial charge in [0.1, 0.15) is 16.3 Å². The van der Waals surface area contributed by atoms with E-state index in [1.807, 2.05) is 0 Å². The molecule has 3 heterocycles. The van der Waals surface area contributed by atoms with Gasteiger partial charge in [0.05, 0.1) is 12.0 Å². The maximum Gasteiger partial charge on any atom is 0.348 e. The van der Waals surface area contributed by atoms with Crippen LogP contribution in [0.25, 0.3) is 10.2 Å². The SMILES string of the molecule is CCOC(=O)c1sc2nc([C@H](C)OC(=O)Cn3ccccc3=O)[nH]c(=O)c2c1C. The number of fused-ring (bicyclic) bond motifs is 1. The van der Waals surface area contributed by atoms with Crippen LogP contribution in [0.2, 0.25) is 0 Å². The van der Waals surface area contributed by atoms with Crippen molar-refractivity contribution in [3.63, 3.8) is 0 Å². The van der Waals surface area contributed by atoms with Crippen LogP contribution in [0.5, 0.6) is 0 Å². The number of pyridine rings is 1. The Morgan fingerprint density at radius 2 is 2.07 bits per heavy atom. The van der Waals surface area contributed by atoms with Gasteiger partial charge in [-0.15, -0.1) is 11.3 Å². The second-order valence-corrected chi connectivity index (χ2v) is 7.21. The Bertz CT molecular complexity index is 1190. The third kappa shape index (κ3) is 4.27. The average Bonchev–Trinajstić information content (AvgIpc) is 3.01. The van der Waals surface area contributed by atoms with E-state index in [2.05, 4.69) is 9.97 Å². The zero-order valence-electron chi connectivity index (χ0n) is 16.1. The molecule has 29 heavy (non-hydrogen) atoms. The molecule has 152 valence electrons. The summed E-state index contributed by atoms with van der Waals surface area (Å²) in [6.45, 7) is 4.87. The van der Waals surface area contributed by atoms with Gasteiger partial charge in [-0.25, -0.2) is 9.78 Å². The van der Waals surface area contributed by atoms with Crippen LogP contribution in [0, 0.1) is 6.92 Å². The molecular formula is C19H19N3O6S. The lowest BCUT2D eigenvalue weighted by atomic mass is 10.2. The van der Waals surface area contributed by atoms with Gasteiger partial charge in [-0.2, -0.15) is 0 Å². The summed E-state index contributed by atoms with van der Waals surface area (Å²) >= 11 is 1.05. The van der Waals surface area contributed by atoms with Crippen LogP contribution >= 0.6 is 11.3 Å². The van der Waals surface area contributed by atoms with Crippen molar-refractivity contribution in [2.45, 2.75) is 33.4 Å². The van der Waals surface area contributed by atoms with Crippen molar-refractivity contribution in [3.8, 4) is 0 Å². The quantitative estimate of drug-likeness (QED) is 0.609. The Labute approximate surface area is 168 Å². The number of hydrogen-bond acceptors (Lipinski definition) is 8. The fourth-order valence-electron chi connectivity index (χ4n) is 2.77. The van der Waals surface area contributed by atoms with Gasteiger partial charge < -0.3 is 19.0 Å². The monoisotopic (exact) mass is 417 g/mol. The van der Waals surface area contributed by atoms with Crippen LogP contribution in [0.1, 0.15) is 41.0 Å². The van der Waals surface area contributed by atoms with Crippen LogP contribution in [0.3, 0.4) is 0 Å². The van der Waals surface area contributed by atoms with Crippen molar-refractivity contribution < 1.29 is 19.1 Å². The fraction of sp³-hybridized carbons (Fsp3) is 0.316. The number of thiophene rings is 1. The number of carbonyl (C=O) groups excluding carboxylic acids is 2. The third-order valence-corrected chi connectivity index (χ3v) is 5.34. The van der Waals surface area contributed by atoms with E-state index in [4.69, 9.17) is 9.47 Å². The summed E-state index contributed by atoms with van der Waals surface area (Å²) in [5, 5.41) is 0.302. The molecule has 0 aliphatic rings. The van der Waals surface area contributed by atoms with Gasteiger partial charge in [0.2, 0.25) is 0 Å². The molecule has 3 rings (SSSR count). The molecule has 3 aromatic rings. The van der Waals surface area contributed by atoms with E-state index in [0.717, 1.165) is 11.3 Å². The summed E-state index contributed by atoms with van der Waals surface area (Å²) in [5.74, 6) is -1.02. The minimum atomic E-state index is -0.854. The number of hydrogen-bond donors (Lipinski definition) is 1. The molecule has 0 unspecified atom stereocenters. The first kappa shape index (κ1) is 20.5. The number of ether oxygens (including phenoxy) is 2. The summed E-state index contributed by atoms with van der Waals surface area (Å²) in [4.78, 5) is 56.0. The number of esters is 2. The van der Waals surface area contributed by atoms with Gasteiger partial charge >= 0.3 is 11.9 Å². The molecule has 0 aliphatic carbocycles. The number of rotatable bonds is 6. The van der Waals surface area contributed by atoms with E-state index >= 15 is 0 Å². The number of nitrogens with zero attached hydrogens (tertiary/aromatic N) is 2. The molecule has 1 atom stereocenters. The van der Waals surface area contributed by atoms with Gasteiger partial charge in [0.25, 0.3) is 11.1 Å². The summed E-state index contributed by atoms with van der Waals surface area (Å²) in [7, 11) is 0. The first-order chi connectivity index (χ1) is 13.8. The normalized spacial score (nSPS) is 12.0. The second-order valence-electron chi connectivity index (χ2n) is 6.21. The van der Waals surface area contributed by atoms with Gasteiger partial charge in [-0.1, -0.05) is 6.07 Å². The van der Waals surface area contributed by atoms with E-state index in [-0.39, 0.29) is 24.5 Å². The van der Waals surface area contributed by atoms with E-state index in [0.29, 0.717) is 20.7 Å². The van der Waals surface area contributed by atoms with E-state index in [1.54, 1.807) is 32.9 Å². The average molecular weight is 417 g/mol. The van der Waals surface area contributed by atoms with Gasteiger partial charge in [-0.3, -0.25) is 14.4 Å². The van der Waals surface area contributed by atoms with Crippen molar-refractivity contribution in [2.24, 2.45) is 0 Å². The maximum absolute atomic E-state index is 12.5. The Hall–Kier alpha value is -3.27. The lowest BCUT2D eigenvalue weighted by Gasteiger charge is -2.13. The van der Waals surface area contributed by atoms with E-state index in [1.165, 1.54) is 16.8 Å². The highest BCUT2D eigenvalue weighted by atomic mass is 32.1. The highest BCUT2D eigenvalue weighted by Crippen LogP contribution is 2.28. The van der Waals surface area contributed by atoms with E-state index in [9.17, 15) is 19.2 Å². The van der Waals surface area contributed by atoms with Crippen molar-refractivity contribution in [1.82, 2.24) is 14.5 Å². The van der Waals surface area contributed by atoms with E-state index < -0.39 is 23.6 Å². The van der Waals surface area contributed by atoms with Crippen LogP contribution < -0.4 is 11.1 Å². The molecule has 0 amide bonds. The molecule has 0 aliphatic heterocycles. The lowest BCUT2D eigenvalue weighted by molar-refractivity contribution is -0.149. The number of aryl methyl sites for hydroxylation is 1. The summed E-state index contributed by atoms with van der Waals surface area (Å²) in [5.41, 5.74) is -0.265. The Balaban J connectivity index is 1.84. The lowest BCUT2D eigenvalue weighted by Crippen LogP contribution is -2.25. The summed E-state index contributed by atoms with van der Waals surface area (Å²) in [6, 6.07) is 4.54. The minimum Gasteiger partial charge on any atom is -0.462 e. The summed E-state index contributed by atoms with van der Waals surface area (Å²) < 4.78 is 11.5. The minimum absolute atomic E-state index is 0.146. The maximum atomic E-state index is 12.5. The molecule has 0 fully saturated rings.